The lowest BCUT2D eigenvalue weighted by Crippen LogP contribution is -2.40. The van der Waals surface area contributed by atoms with Crippen LogP contribution < -0.4 is 0 Å². The molecule has 1 heterocycles. The second-order valence-corrected chi connectivity index (χ2v) is 6.95. The number of allylic oxidation sites excluding steroid dienone is 1. The quantitative estimate of drug-likeness (QED) is 0.454. The van der Waals surface area contributed by atoms with Gasteiger partial charge in [0.2, 0.25) is 0 Å². The van der Waals surface area contributed by atoms with Crippen molar-refractivity contribution in [1.82, 2.24) is 0 Å². The first kappa shape index (κ1) is 15.3. The molecular weight excluding hydrogens is 284 g/mol. The topological polar surface area (TPSA) is 72.8 Å². The molecule has 0 bridgehead atoms. The molecule has 0 unspecified atom stereocenters. The summed E-state index contributed by atoms with van der Waals surface area (Å²) in [6.07, 6.45) is 2.12. The molecule has 5 nitrogen and oxygen atoms in total. The van der Waals surface area contributed by atoms with Crippen LogP contribution in [-0.2, 0) is 19.1 Å². The van der Waals surface area contributed by atoms with E-state index in [-0.39, 0.29) is 24.2 Å². The fourth-order valence-corrected chi connectivity index (χ4v) is 4.40. The van der Waals surface area contributed by atoms with E-state index < -0.39 is 29.7 Å². The second-order valence-electron chi connectivity index (χ2n) is 6.95. The van der Waals surface area contributed by atoms with Crippen molar-refractivity contribution in [1.29, 1.82) is 0 Å². The first-order chi connectivity index (χ1) is 10.2. The number of ether oxygens (including phenoxy) is 2. The molecule has 0 aromatic heterocycles. The van der Waals surface area contributed by atoms with E-state index in [2.05, 4.69) is 12.7 Å². The van der Waals surface area contributed by atoms with E-state index in [9.17, 15) is 14.7 Å². The summed E-state index contributed by atoms with van der Waals surface area (Å²) in [7, 11) is 0. The van der Waals surface area contributed by atoms with Gasteiger partial charge in [-0.1, -0.05) is 18.2 Å². The summed E-state index contributed by atoms with van der Waals surface area (Å²) in [6, 6.07) is 0. The van der Waals surface area contributed by atoms with Crippen LogP contribution in [0.1, 0.15) is 33.6 Å². The van der Waals surface area contributed by atoms with Gasteiger partial charge in [-0.3, -0.25) is 4.79 Å². The van der Waals surface area contributed by atoms with E-state index >= 15 is 0 Å². The number of fused-ring (bicyclic) bond motifs is 3. The summed E-state index contributed by atoms with van der Waals surface area (Å²) in [6.45, 7) is 8.95. The van der Waals surface area contributed by atoms with Gasteiger partial charge in [-0.2, -0.15) is 0 Å². The van der Waals surface area contributed by atoms with Crippen LogP contribution >= 0.6 is 0 Å². The maximum absolute atomic E-state index is 12.0. The third-order valence-corrected chi connectivity index (χ3v) is 5.40. The zero-order chi connectivity index (χ0) is 16.2. The molecule has 1 saturated heterocycles. The lowest BCUT2D eigenvalue weighted by molar-refractivity contribution is -0.152. The number of carbonyl (C=O) groups excluding carboxylic acids is 2. The molecule has 3 aliphatic rings. The molecule has 0 radical (unpaired) electrons. The average Bonchev–Trinajstić information content (AvgIpc) is 2.87. The van der Waals surface area contributed by atoms with Gasteiger partial charge in [0.15, 0.2) is 0 Å². The van der Waals surface area contributed by atoms with E-state index in [1.165, 1.54) is 6.92 Å². The Balaban J connectivity index is 2.05. The van der Waals surface area contributed by atoms with E-state index in [0.29, 0.717) is 5.57 Å². The monoisotopic (exact) mass is 306 g/mol. The number of esters is 2. The van der Waals surface area contributed by atoms with Gasteiger partial charge in [-0.15, -0.1) is 0 Å². The zero-order valence-electron chi connectivity index (χ0n) is 13.2. The maximum Gasteiger partial charge on any atom is 0.334 e. The highest BCUT2D eigenvalue weighted by Gasteiger charge is 2.58. The van der Waals surface area contributed by atoms with Gasteiger partial charge in [0.05, 0.1) is 11.5 Å². The highest BCUT2D eigenvalue weighted by atomic mass is 16.6. The molecule has 22 heavy (non-hydrogen) atoms. The van der Waals surface area contributed by atoms with Crippen LogP contribution in [0.4, 0.5) is 0 Å². The van der Waals surface area contributed by atoms with Gasteiger partial charge >= 0.3 is 11.9 Å². The summed E-state index contributed by atoms with van der Waals surface area (Å²) in [4.78, 5) is 23.4. The van der Waals surface area contributed by atoms with Gasteiger partial charge in [0, 0.05) is 30.8 Å². The van der Waals surface area contributed by atoms with E-state index in [0.717, 1.165) is 12.0 Å². The maximum atomic E-state index is 12.0. The largest absolute Gasteiger partial charge is 0.462 e. The van der Waals surface area contributed by atoms with Gasteiger partial charge in [-0.25, -0.2) is 4.79 Å². The predicted molar refractivity (Wildman–Crippen MR) is 78.7 cm³/mol. The number of hydrogen-bond donors (Lipinski definition) is 1. The minimum atomic E-state index is -0.990. The van der Waals surface area contributed by atoms with Gasteiger partial charge in [-0.05, 0) is 20.3 Å². The molecule has 5 heteroatoms. The Morgan fingerprint density at radius 2 is 2.18 bits per heavy atom. The molecule has 1 saturated carbocycles. The standard InChI is InChI=1S/C17H22O5/c1-8-5-6-11-13(8)15-14(9(2)16(19)22-15)12(21-10(3)18)7-17(11,4)20/h5,11-15,20H,2,6-7H2,1,3-4H3/t11-,12-,13+,14+,15+,17+/m0/s1. The van der Waals surface area contributed by atoms with Crippen LogP contribution in [0.2, 0.25) is 0 Å². The van der Waals surface area contributed by atoms with Crippen molar-refractivity contribution < 1.29 is 24.2 Å². The molecule has 2 fully saturated rings. The Labute approximate surface area is 130 Å². The summed E-state index contributed by atoms with van der Waals surface area (Å²) in [5.74, 6) is -1.33. The normalized spacial score (nSPS) is 43.8. The highest BCUT2D eigenvalue weighted by Crippen LogP contribution is 2.52. The first-order valence-corrected chi connectivity index (χ1v) is 7.68. The average molecular weight is 306 g/mol. The SMILES string of the molecule is C=C1C(=O)O[C@H]2[C@H]1[C@@H](OC(C)=O)C[C@@](C)(O)[C@H]1CC=C(C)[C@@H]21. The summed E-state index contributed by atoms with van der Waals surface area (Å²) >= 11 is 0. The smallest absolute Gasteiger partial charge is 0.334 e. The summed E-state index contributed by atoms with van der Waals surface area (Å²) in [5, 5.41) is 10.9. The third kappa shape index (κ3) is 2.19. The zero-order valence-corrected chi connectivity index (χ0v) is 13.2. The Bertz CT molecular complexity index is 574. The number of hydrogen-bond acceptors (Lipinski definition) is 5. The van der Waals surface area contributed by atoms with Crippen molar-refractivity contribution in [2.24, 2.45) is 17.8 Å². The van der Waals surface area contributed by atoms with E-state index in [1.807, 2.05) is 6.92 Å². The molecular formula is C17H22O5. The van der Waals surface area contributed by atoms with Gasteiger partial charge in [0.25, 0.3) is 0 Å². The van der Waals surface area contributed by atoms with Crippen LogP contribution in [0.25, 0.3) is 0 Å². The molecule has 6 atom stereocenters. The molecule has 0 aromatic rings. The van der Waals surface area contributed by atoms with Crippen molar-refractivity contribution in [3.05, 3.63) is 23.8 Å². The van der Waals surface area contributed by atoms with Crippen molar-refractivity contribution in [2.75, 3.05) is 0 Å². The molecule has 2 aliphatic carbocycles. The molecule has 1 N–H and O–H groups in total. The Morgan fingerprint density at radius 3 is 2.82 bits per heavy atom. The van der Waals surface area contributed by atoms with E-state index in [4.69, 9.17) is 9.47 Å². The fraction of sp³-hybridized carbons (Fsp3) is 0.647. The van der Waals surface area contributed by atoms with Crippen LogP contribution in [0, 0.1) is 17.8 Å². The Hall–Kier alpha value is -1.62. The lowest BCUT2D eigenvalue weighted by Gasteiger charge is -2.34. The Kier molecular flexibility index (Phi) is 3.44. The summed E-state index contributed by atoms with van der Waals surface area (Å²) < 4.78 is 11.0. The summed E-state index contributed by atoms with van der Waals surface area (Å²) in [5.41, 5.74) is 0.467. The molecule has 0 aromatic carbocycles. The van der Waals surface area contributed by atoms with Gasteiger partial charge < -0.3 is 14.6 Å². The number of carbonyl (C=O) groups is 2. The van der Waals surface area contributed by atoms with Crippen LogP contribution in [0.15, 0.2) is 23.8 Å². The first-order valence-electron chi connectivity index (χ1n) is 7.68. The van der Waals surface area contributed by atoms with E-state index in [1.54, 1.807) is 6.92 Å². The Morgan fingerprint density at radius 1 is 1.50 bits per heavy atom. The fourth-order valence-electron chi connectivity index (χ4n) is 4.40. The molecule has 1 aliphatic heterocycles. The molecule has 3 rings (SSSR count). The van der Waals surface area contributed by atoms with Crippen molar-refractivity contribution in [3.8, 4) is 0 Å². The number of aliphatic hydroxyl groups is 1. The lowest BCUT2D eigenvalue weighted by atomic mass is 9.76. The second kappa shape index (κ2) is 4.95. The number of rotatable bonds is 1. The van der Waals surface area contributed by atoms with Crippen molar-refractivity contribution in [3.63, 3.8) is 0 Å². The highest BCUT2D eigenvalue weighted by molar-refractivity contribution is 5.91. The minimum Gasteiger partial charge on any atom is -0.462 e. The van der Waals surface area contributed by atoms with Gasteiger partial charge in [0.1, 0.15) is 12.2 Å². The van der Waals surface area contributed by atoms with Crippen LogP contribution in [0.3, 0.4) is 0 Å². The molecule has 0 spiro atoms. The molecule has 0 amide bonds. The van der Waals surface area contributed by atoms with Crippen molar-refractivity contribution in [2.45, 2.75) is 51.4 Å². The third-order valence-electron chi connectivity index (χ3n) is 5.40. The van der Waals surface area contributed by atoms with Crippen LogP contribution in [0.5, 0.6) is 0 Å². The van der Waals surface area contributed by atoms with Crippen molar-refractivity contribution >= 4 is 11.9 Å². The molecule has 120 valence electrons. The minimum absolute atomic E-state index is 0.0424. The van der Waals surface area contributed by atoms with Crippen LogP contribution in [-0.4, -0.2) is 34.9 Å². The predicted octanol–water partition coefficient (Wildman–Crippen LogP) is 1.75.